The molecule has 0 unspecified atom stereocenters. The summed E-state index contributed by atoms with van der Waals surface area (Å²) in [6, 6.07) is 0. The van der Waals surface area contributed by atoms with Gasteiger partial charge in [0.05, 0.1) is 11.5 Å². The van der Waals surface area contributed by atoms with E-state index in [-0.39, 0.29) is 17.4 Å². The van der Waals surface area contributed by atoms with E-state index < -0.39 is 9.84 Å². The van der Waals surface area contributed by atoms with Gasteiger partial charge >= 0.3 is 0 Å². The van der Waals surface area contributed by atoms with Crippen LogP contribution in [0.5, 0.6) is 0 Å². The summed E-state index contributed by atoms with van der Waals surface area (Å²) in [4.78, 5) is 0. The first-order valence-corrected chi connectivity index (χ1v) is 11.1. The zero-order chi connectivity index (χ0) is 15.6. The maximum Gasteiger partial charge on any atom is 0.190 e. The number of hydrogen-bond acceptors (Lipinski definition) is 5. The summed E-state index contributed by atoms with van der Waals surface area (Å²) >= 11 is 1.75. The number of nitrogens with zero attached hydrogens (tertiary/aromatic N) is 3. The molecule has 7 heteroatoms. The summed E-state index contributed by atoms with van der Waals surface area (Å²) in [5.41, 5.74) is 0. The lowest BCUT2D eigenvalue weighted by atomic mass is 10.0. The number of rotatable bonds is 6. The van der Waals surface area contributed by atoms with Gasteiger partial charge < -0.3 is 4.57 Å². The fraction of sp³-hybridized carbons (Fsp3) is 0.867. The molecule has 0 N–H and O–H groups in total. The number of aromatic nitrogens is 3. The fourth-order valence-electron chi connectivity index (χ4n) is 3.64. The maximum absolute atomic E-state index is 11.6. The van der Waals surface area contributed by atoms with Crippen LogP contribution in [0.1, 0.15) is 56.7 Å². The molecule has 0 amide bonds. The van der Waals surface area contributed by atoms with Crippen molar-refractivity contribution < 1.29 is 8.42 Å². The average molecular weight is 344 g/mol. The highest BCUT2D eigenvalue weighted by atomic mass is 32.2. The van der Waals surface area contributed by atoms with Gasteiger partial charge in [0.15, 0.2) is 15.0 Å². The first-order chi connectivity index (χ1) is 10.6. The van der Waals surface area contributed by atoms with Gasteiger partial charge in [-0.05, 0) is 25.2 Å². The lowest BCUT2D eigenvalue weighted by Gasteiger charge is -2.09. The second kappa shape index (κ2) is 6.91. The highest BCUT2D eigenvalue weighted by Gasteiger charge is 2.32. The highest BCUT2D eigenvalue weighted by molar-refractivity contribution is 7.99. The molecule has 124 valence electrons. The van der Waals surface area contributed by atoms with E-state index in [9.17, 15) is 8.42 Å². The maximum atomic E-state index is 11.6. The SMILES string of the molecule is Cn1c(SCCCC2CCCC2)nnc1[C@@H]1CCS(=O)(=O)C1. The molecule has 1 saturated carbocycles. The minimum absolute atomic E-state index is 0.0235. The van der Waals surface area contributed by atoms with Gasteiger partial charge in [-0.3, -0.25) is 0 Å². The van der Waals surface area contributed by atoms with E-state index in [4.69, 9.17) is 0 Å². The Morgan fingerprint density at radius 1 is 1.23 bits per heavy atom. The molecular weight excluding hydrogens is 318 g/mol. The summed E-state index contributed by atoms with van der Waals surface area (Å²) in [7, 11) is -0.912. The van der Waals surface area contributed by atoms with Crippen molar-refractivity contribution in [2.45, 2.75) is 56.0 Å². The van der Waals surface area contributed by atoms with E-state index in [1.807, 2.05) is 11.6 Å². The first-order valence-electron chi connectivity index (χ1n) is 8.28. The van der Waals surface area contributed by atoms with Crippen LogP contribution in [0.3, 0.4) is 0 Å². The van der Waals surface area contributed by atoms with Gasteiger partial charge in [-0.2, -0.15) is 0 Å². The molecule has 3 rings (SSSR count). The molecule has 1 atom stereocenters. The fourth-order valence-corrected chi connectivity index (χ4v) is 6.26. The third-order valence-corrected chi connectivity index (χ3v) is 7.80. The molecule has 1 saturated heterocycles. The van der Waals surface area contributed by atoms with Crippen LogP contribution in [0.25, 0.3) is 0 Å². The molecule has 22 heavy (non-hydrogen) atoms. The molecule has 0 aromatic carbocycles. The van der Waals surface area contributed by atoms with Crippen LogP contribution in [0.4, 0.5) is 0 Å². The summed E-state index contributed by atoms with van der Waals surface area (Å²) in [6.45, 7) is 0. The van der Waals surface area contributed by atoms with Crippen LogP contribution in [0, 0.1) is 5.92 Å². The zero-order valence-corrected chi connectivity index (χ0v) is 14.8. The minimum atomic E-state index is -2.87. The highest BCUT2D eigenvalue weighted by Crippen LogP contribution is 2.31. The third kappa shape index (κ3) is 3.85. The van der Waals surface area contributed by atoms with E-state index in [0.29, 0.717) is 6.42 Å². The summed E-state index contributed by atoms with van der Waals surface area (Å²) in [5, 5.41) is 9.43. The summed E-state index contributed by atoms with van der Waals surface area (Å²) in [6.07, 6.45) is 8.89. The second-order valence-electron chi connectivity index (χ2n) is 6.64. The van der Waals surface area contributed by atoms with Crippen molar-refractivity contribution in [2.24, 2.45) is 13.0 Å². The van der Waals surface area contributed by atoms with Crippen LogP contribution < -0.4 is 0 Å². The molecule has 2 fully saturated rings. The molecule has 0 bridgehead atoms. The Morgan fingerprint density at radius 2 is 2.00 bits per heavy atom. The molecule has 1 aliphatic heterocycles. The van der Waals surface area contributed by atoms with Gasteiger partial charge in [0.25, 0.3) is 0 Å². The van der Waals surface area contributed by atoms with Crippen molar-refractivity contribution >= 4 is 21.6 Å². The Hall–Kier alpha value is -0.560. The smallest absolute Gasteiger partial charge is 0.190 e. The van der Waals surface area contributed by atoms with E-state index in [2.05, 4.69) is 10.2 Å². The van der Waals surface area contributed by atoms with Crippen LogP contribution in [0.2, 0.25) is 0 Å². The van der Waals surface area contributed by atoms with Crippen molar-refractivity contribution in [1.29, 1.82) is 0 Å². The van der Waals surface area contributed by atoms with E-state index in [0.717, 1.165) is 22.7 Å². The van der Waals surface area contributed by atoms with Gasteiger partial charge in [-0.15, -0.1) is 10.2 Å². The minimum Gasteiger partial charge on any atom is -0.309 e. The molecule has 0 radical (unpaired) electrons. The zero-order valence-electron chi connectivity index (χ0n) is 13.2. The lowest BCUT2D eigenvalue weighted by molar-refractivity contribution is 0.498. The largest absolute Gasteiger partial charge is 0.309 e. The predicted molar refractivity (Wildman–Crippen MR) is 88.9 cm³/mol. The van der Waals surface area contributed by atoms with Crippen LogP contribution in [0.15, 0.2) is 5.16 Å². The van der Waals surface area contributed by atoms with Gasteiger partial charge in [0, 0.05) is 18.7 Å². The molecule has 1 aromatic heterocycles. The first kappa shape index (κ1) is 16.3. The third-order valence-electron chi connectivity index (χ3n) is 4.93. The lowest BCUT2D eigenvalue weighted by Crippen LogP contribution is -2.09. The molecule has 1 aromatic rings. The number of thioether (sulfide) groups is 1. The molecular formula is C15H25N3O2S2. The Morgan fingerprint density at radius 3 is 2.68 bits per heavy atom. The monoisotopic (exact) mass is 343 g/mol. The van der Waals surface area contributed by atoms with Crippen molar-refractivity contribution in [3.05, 3.63) is 5.82 Å². The van der Waals surface area contributed by atoms with Crippen LogP contribution in [-0.4, -0.2) is 40.4 Å². The number of sulfone groups is 1. The predicted octanol–water partition coefficient (Wildman–Crippen LogP) is 2.78. The van der Waals surface area contributed by atoms with Gasteiger partial charge in [0.1, 0.15) is 5.82 Å². The van der Waals surface area contributed by atoms with Crippen LogP contribution in [-0.2, 0) is 16.9 Å². The average Bonchev–Trinajstić information content (AvgIpc) is 3.17. The van der Waals surface area contributed by atoms with Crippen molar-refractivity contribution in [1.82, 2.24) is 14.8 Å². The molecule has 1 aliphatic carbocycles. The van der Waals surface area contributed by atoms with Crippen molar-refractivity contribution in [3.63, 3.8) is 0 Å². The number of hydrogen-bond donors (Lipinski definition) is 0. The van der Waals surface area contributed by atoms with Gasteiger partial charge in [-0.1, -0.05) is 37.4 Å². The molecule has 0 spiro atoms. The molecule has 2 heterocycles. The topological polar surface area (TPSA) is 64.8 Å². The quantitative estimate of drug-likeness (QED) is 0.587. The molecule has 2 aliphatic rings. The van der Waals surface area contributed by atoms with Gasteiger partial charge in [-0.25, -0.2) is 8.42 Å². The normalized spacial score (nSPS) is 25.0. The second-order valence-corrected chi connectivity index (χ2v) is 9.93. The van der Waals surface area contributed by atoms with Crippen molar-refractivity contribution in [2.75, 3.05) is 17.3 Å². The standard InChI is InChI=1S/C15H25N3O2S2/c1-18-14(13-8-10-22(19,20)11-13)16-17-15(18)21-9-4-7-12-5-2-3-6-12/h12-13H,2-11H2,1H3/t13-/m1/s1. The Balaban J connectivity index is 1.50. The van der Waals surface area contributed by atoms with E-state index >= 15 is 0 Å². The Bertz CT molecular complexity index is 606. The van der Waals surface area contributed by atoms with Crippen LogP contribution >= 0.6 is 11.8 Å². The summed E-state index contributed by atoms with van der Waals surface area (Å²) < 4.78 is 25.2. The van der Waals surface area contributed by atoms with Crippen molar-refractivity contribution in [3.8, 4) is 0 Å². The molecule has 5 nitrogen and oxygen atoms in total. The Labute approximate surface area is 137 Å². The Kier molecular flexibility index (Phi) is 5.12. The van der Waals surface area contributed by atoms with Gasteiger partial charge in [0.2, 0.25) is 0 Å². The summed E-state index contributed by atoms with van der Waals surface area (Å²) in [5.74, 6) is 3.39. The van der Waals surface area contributed by atoms with E-state index in [1.165, 1.54) is 38.5 Å². The van der Waals surface area contributed by atoms with E-state index in [1.54, 1.807) is 11.8 Å².